The van der Waals surface area contributed by atoms with E-state index < -0.39 is 23.7 Å². The summed E-state index contributed by atoms with van der Waals surface area (Å²) in [6, 6.07) is 16.3. The molecule has 2 heterocycles. The molecule has 4 rings (SSSR count). The van der Waals surface area contributed by atoms with E-state index in [0.29, 0.717) is 32.9 Å². The molecule has 0 aliphatic carbocycles. The average Bonchev–Trinajstić information content (AvgIpc) is 3.43. The number of carbonyl (C=O) groups is 4. The maximum absolute atomic E-state index is 13.4. The SMILES string of the molecule is COC(=O)C1=C(C)N(c2cc(Cl)cc(Cl)c2)C(=O)/C1=C\c1ccc(CNC(=O)C(=O)Nc2ccccc2)o1. The van der Waals surface area contributed by atoms with E-state index in [9.17, 15) is 19.2 Å². The van der Waals surface area contributed by atoms with Crippen molar-refractivity contribution in [2.75, 3.05) is 17.3 Å². The lowest BCUT2D eigenvalue weighted by Crippen LogP contribution is -2.34. The number of hydrogen-bond acceptors (Lipinski definition) is 6. The predicted molar refractivity (Wildman–Crippen MR) is 142 cm³/mol. The Hall–Kier alpha value is -4.34. The van der Waals surface area contributed by atoms with Crippen LogP contribution in [0.4, 0.5) is 11.4 Å². The fourth-order valence-corrected chi connectivity index (χ4v) is 4.34. The summed E-state index contributed by atoms with van der Waals surface area (Å²) in [6.07, 6.45) is 1.40. The maximum Gasteiger partial charge on any atom is 0.340 e. The number of carbonyl (C=O) groups excluding carboxylic acids is 4. The Morgan fingerprint density at radius 3 is 2.34 bits per heavy atom. The van der Waals surface area contributed by atoms with E-state index in [4.69, 9.17) is 32.4 Å². The van der Waals surface area contributed by atoms with Crippen molar-refractivity contribution in [2.45, 2.75) is 13.5 Å². The Labute approximate surface area is 227 Å². The van der Waals surface area contributed by atoms with Gasteiger partial charge in [-0.3, -0.25) is 19.3 Å². The minimum absolute atomic E-state index is 0.0395. The van der Waals surface area contributed by atoms with Gasteiger partial charge in [0.15, 0.2) is 0 Å². The van der Waals surface area contributed by atoms with E-state index in [1.165, 1.54) is 24.2 Å². The lowest BCUT2D eigenvalue weighted by atomic mass is 10.1. The number of hydrogen-bond donors (Lipinski definition) is 2. The lowest BCUT2D eigenvalue weighted by Gasteiger charge is -2.18. The Bertz CT molecular complexity index is 1470. The van der Waals surface area contributed by atoms with Crippen molar-refractivity contribution in [1.29, 1.82) is 0 Å². The van der Waals surface area contributed by atoms with E-state index in [-0.39, 0.29) is 23.5 Å². The van der Waals surface area contributed by atoms with E-state index in [1.54, 1.807) is 61.5 Å². The zero-order chi connectivity index (χ0) is 27.4. The molecule has 0 bridgehead atoms. The highest BCUT2D eigenvalue weighted by molar-refractivity contribution is 6.39. The molecule has 194 valence electrons. The van der Waals surface area contributed by atoms with Crippen molar-refractivity contribution < 1.29 is 28.3 Å². The van der Waals surface area contributed by atoms with Gasteiger partial charge in [-0.2, -0.15) is 0 Å². The number of nitrogens with zero attached hydrogens (tertiary/aromatic N) is 1. The molecule has 1 aromatic heterocycles. The highest BCUT2D eigenvalue weighted by Gasteiger charge is 2.38. The van der Waals surface area contributed by atoms with Crippen molar-refractivity contribution >= 4 is 64.3 Å². The second-order valence-corrected chi connectivity index (χ2v) is 8.96. The fraction of sp³-hybridized carbons (Fsp3) is 0.111. The number of amides is 3. The van der Waals surface area contributed by atoms with Crippen LogP contribution >= 0.6 is 23.2 Å². The molecule has 0 radical (unpaired) electrons. The van der Waals surface area contributed by atoms with Gasteiger partial charge in [0.05, 0.1) is 30.5 Å². The largest absolute Gasteiger partial charge is 0.465 e. The summed E-state index contributed by atoms with van der Waals surface area (Å²) in [7, 11) is 1.21. The molecule has 9 nitrogen and oxygen atoms in total. The molecule has 38 heavy (non-hydrogen) atoms. The number of esters is 1. The summed E-state index contributed by atoms with van der Waals surface area (Å²) < 4.78 is 10.6. The van der Waals surface area contributed by atoms with Crippen molar-refractivity contribution in [1.82, 2.24) is 5.32 Å². The number of benzene rings is 2. The van der Waals surface area contributed by atoms with Gasteiger partial charge in [-0.05, 0) is 55.5 Å². The zero-order valence-electron chi connectivity index (χ0n) is 20.2. The van der Waals surface area contributed by atoms with Gasteiger partial charge in [0, 0.05) is 21.4 Å². The molecule has 2 N–H and O–H groups in total. The third-order valence-corrected chi connectivity index (χ3v) is 5.96. The predicted octanol–water partition coefficient (Wildman–Crippen LogP) is 4.72. The first-order chi connectivity index (χ1) is 18.2. The Balaban J connectivity index is 1.52. The van der Waals surface area contributed by atoms with Crippen LogP contribution in [-0.4, -0.2) is 30.8 Å². The molecule has 0 spiro atoms. The van der Waals surface area contributed by atoms with Crippen molar-refractivity contribution in [3.05, 3.63) is 99.1 Å². The number of methoxy groups -OCH3 is 1. The van der Waals surface area contributed by atoms with Crippen LogP contribution in [0.25, 0.3) is 6.08 Å². The van der Waals surface area contributed by atoms with Crippen molar-refractivity contribution in [2.24, 2.45) is 0 Å². The van der Waals surface area contributed by atoms with Gasteiger partial charge in [-0.15, -0.1) is 0 Å². The number of anilines is 2. The van der Waals surface area contributed by atoms with Crippen LogP contribution in [0.5, 0.6) is 0 Å². The molecular weight excluding hydrogens is 533 g/mol. The van der Waals surface area contributed by atoms with Gasteiger partial charge < -0.3 is 19.8 Å². The Kier molecular flexibility index (Phi) is 7.99. The number of nitrogens with one attached hydrogen (secondary N) is 2. The molecule has 1 aliphatic heterocycles. The monoisotopic (exact) mass is 553 g/mol. The topological polar surface area (TPSA) is 118 Å². The number of rotatable bonds is 6. The summed E-state index contributed by atoms with van der Waals surface area (Å²) in [6.45, 7) is 1.52. The van der Waals surface area contributed by atoms with Gasteiger partial charge in [0.25, 0.3) is 5.91 Å². The average molecular weight is 554 g/mol. The summed E-state index contributed by atoms with van der Waals surface area (Å²) >= 11 is 12.2. The Morgan fingerprint density at radius 1 is 1.00 bits per heavy atom. The third-order valence-electron chi connectivity index (χ3n) is 5.53. The third kappa shape index (κ3) is 5.80. The van der Waals surface area contributed by atoms with E-state index >= 15 is 0 Å². The summed E-state index contributed by atoms with van der Waals surface area (Å²) in [5.41, 5.74) is 1.29. The quantitative estimate of drug-likeness (QED) is 0.259. The second kappa shape index (κ2) is 11.4. The van der Waals surface area contributed by atoms with Crippen LogP contribution in [0.2, 0.25) is 10.0 Å². The van der Waals surface area contributed by atoms with Gasteiger partial charge in [-0.25, -0.2) is 4.79 Å². The van der Waals surface area contributed by atoms with Gasteiger partial charge >= 0.3 is 17.8 Å². The van der Waals surface area contributed by atoms with Crippen LogP contribution in [0.15, 0.2) is 81.9 Å². The highest BCUT2D eigenvalue weighted by Crippen LogP contribution is 2.37. The van der Waals surface area contributed by atoms with Crippen molar-refractivity contribution in [3.63, 3.8) is 0 Å². The second-order valence-electron chi connectivity index (χ2n) is 8.09. The highest BCUT2D eigenvalue weighted by atomic mass is 35.5. The fourth-order valence-electron chi connectivity index (χ4n) is 3.83. The van der Waals surface area contributed by atoms with Crippen molar-refractivity contribution in [3.8, 4) is 0 Å². The zero-order valence-corrected chi connectivity index (χ0v) is 21.7. The minimum Gasteiger partial charge on any atom is -0.465 e. The molecule has 1 aliphatic rings. The molecular formula is C27H21Cl2N3O6. The summed E-state index contributed by atoms with van der Waals surface area (Å²) in [5.74, 6) is -2.33. The first kappa shape index (κ1) is 26.7. The number of halogens is 2. The lowest BCUT2D eigenvalue weighted by molar-refractivity contribution is -0.136. The maximum atomic E-state index is 13.4. The number of allylic oxidation sites excluding steroid dienone is 1. The molecule has 0 saturated heterocycles. The first-order valence-electron chi connectivity index (χ1n) is 11.2. The van der Waals surface area contributed by atoms with E-state index in [1.807, 2.05) is 0 Å². The van der Waals surface area contributed by atoms with E-state index in [2.05, 4.69) is 10.6 Å². The standard InChI is InChI=1S/C27H21Cl2N3O6/c1-15-23(27(36)37-2)22(26(35)32(15)19-11-16(28)10-17(29)12-19)13-20-8-9-21(38-20)14-30-24(33)25(34)31-18-6-4-3-5-7-18/h3-13H,14H2,1-2H3,(H,30,33)(H,31,34)/b22-13-. The van der Waals surface area contributed by atoms with Crippen LogP contribution in [-0.2, 0) is 30.5 Å². The first-order valence-corrected chi connectivity index (χ1v) is 12.0. The van der Waals surface area contributed by atoms with Crippen LogP contribution in [0, 0.1) is 0 Å². The number of furan rings is 1. The van der Waals surface area contributed by atoms with Gasteiger partial charge in [-0.1, -0.05) is 41.4 Å². The van der Waals surface area contributed by atoms with Gasteiger partial charge in [0.2, 0.25) is 0 Å². The molecule has 11 heteroatoms. The van der Waals surface area contributed by atoms with Crippen LogP contribution < -0.4 is 15.5 Å². The normalized spacial score (nSPS) is 14.2. The smallest absolute Gasteiger partial charge is 0.340 e. The molecule has 0 fully saturated rings. The van der Waals surface area contributed by atoms with E-state index in [0.717, 1.165) is 0 Å². The number of para-hydroxylation sites is 1. The molecule has 2 aromatic carbocycles. The minimum atomic E-state index is -0.849. The molecule has 0 saturated carbocycles. The molecule has 3 amide bonds. The molecule has 0 atom stereocenters. The van der Waals surface area contributed by atoms with Crippen LogP contribution in [0.1, 0.15) is 18.4 Å². The van der Waals surface area contributed by atoms with Gasteiger partial charge in [0.1, 0.15) is 11.5 Å². The summed E-state index contributed by atoms with van der Waals surface area (Å²) in [5, 5.41) is 5.59. The Morgan fingerprint density at radius 2 is 1.68 bits per heavy atom. The summed E-state index contributed by atoms with van der Waals surface area (Å²) in [4.78, 5) is 51.5. The van der Waals surface area contributed by atoms with Crippen LogP contribution in [0.3, 0.4) is 0 Å². The number of ether oxygens (including phenoxy) is 1. The molecule has 3 aromatic rings. The molecule has 0 unspecified atom stereocenters.